The molecular weight excluding hydrogens is 455 g/mol. The van der Waals surface area contributed by atoms with Crippen LogP contribution in [0.1, 0.15) is 23.5 Å². The molecule has 1 aliphatic rings. The Kier molecular flexibility index (Phi) is 5.75. The Morgan fingerprint density at radius 3 is 1.81 bits per heavy atom. The molecule has 0 aliphatic heterocycles. The minimum absolute atomic E-state index is 0.293. The SMILES string of the molecule is CP(C)(=O)c1cccc(C2C=CC(c3c4ccccc4c(-c4ccccc4)c4ccccc34)=CC2)c1. The van der Waals surface area contributed by atoms with Crippen LogP contribution in [-0.4, -0.2) is 13.3 Å². The summed E-state index contributed by atoms with van der Waals surface area (Å²) in [6.45, 7) is 3.69. The van der Waals surface area contributed by atoms with Crippen molar-refractivity contribution < 1.29 is 4.57 Å². The van der Waals surface area contributed by atoms with Gasteiger partial charge in [-0.1, -0.05) is 115 Å². The van der Waals surface area contributed by atoms with Gasteiger partial charge in [0.2, 0.25) is 0 Å². The van der Waals surface area contributed by atoms with E-state index in [1.165, 1.54) is 49.4 Å². The first-order chi connectivity index (χ1) is 17.5. The molecule has 176 valence electrons. The lowest BCUT2D eigenvalue weighted by molar-refractivity contribution is 0.588. The maximum absolute atomic E-state index is 12.6. The Morgan fingerprint density at radius 2 is 1.25 bits per heavy atom. The van der Waals surface area contributed by atoms with Gasteiger partial charge in [0.15, 0.2) is 0 Å². The van der Waals surface area contributed by atoms with Gasteiger partial charge in [0.25, 0.3) is 0 Å². The molecule has 0 heterocycles. The first kappa shape index (κ1) is 22.8. The molecule has 1 atom stereocenters. The zero-order valence-corrected chi connectivity index (χ0v) is 21.6. The van der Waals surface area contributed by atoms with Crippen LogP contribution in [0.15, 0.2) is 121 Å². The summed E-state index contributed by atoms with van der Waals surface area (Å²) in [5.41, 5.74) is 6.34. The molecule has 5 aromatic carbocycles. The van der Waals surface area contributed by atoms with E-state index >= 15 is 0 Å². The fourth-order valence-corrected chi connectivity index (χ4v) is 6.40. The van der Waals surface area contributed by atoms with Crippen LogP contribution in [0.4, 0.5) is 0 Å². The minimum Gasteiger partial charge on any atom is -0.319 e. The molecule has 0 fully saturated rings. The van der Waals surface area contributed by atoms with Crippen molar-refractivity contribution in [1.82, 2.24) is 0 Å². The van der Waals surface area contributed by atoms with Gasteiger partial charge < -0.3 is 4.57 Å². The van der Waals surface area contributed by atoms with Gasteiger partial charge in [-0.25, -0.2) is 0 Å². The molecule has 0 aromatic heterocycles. The summed E-state index contributed by atoms with van der Waals surface area (Å²) in [5.74, 6) is 0.293. The third kappa shape index (κ3) is 4.04. The van der Waals surface area contributed by atoms with E-state index in [0.29, 0.717) is 5.92 Å². The van der Waals surface area contributed by atoms with Gasteiger partial charge in [0.05, 0.1) is 0 Å². The third-order valence-electron chi connectivity index (χ3n) is 7.30. The average Bonchev–Trinajstić information content (AvgIpc) is 2.92. The van der Waals surface area contributed by atoms with Crippen LogP contribution < -0.4 is 5.30 Å². The minimum atomic E-state index is -2.28. The Labute approximate surface area is 213 Å². The van der Waals surface area contributed by atoms with E-state index < -0.39 is 7.14 Å². The molecule has 0 bridgehead atoms. The molecule has 0 saturated carbocycles. The standard InChI is InChI=1S/C34H29OP/c1-36(2,35)28-14-10-13-27(23-28)24-19-21-26(22-20-24)34-31-17-8-6-15-29(31)33(25-11-4-3-5-12-25)30-16-7-9-18-32(30)34/h3-19,21-24H,20H2,1-2H3. The van der Waals surface area contributed by atoms with Gasteiger partial charge in [0, 0.05) is 11.2 Å². The third-order valence-corrected chi connectivity index (χ3v) is 8.82. The fourth-order valence-electron chi connectivity index (χ4n) is 5.50. The number of hydrogen-bond donors (Lipinski definition) is 0. The summed E-state index contributed by atoms with van der Waals surface area (Å²) in [6.07, 6.45) is 7.91. The Balaban J connectivity index is 1.49. The summed E-state index contributed by atoms with van der Waals surface area (Å²) in [6, 6.07) is 36.6. The van der Waals surface area contributed by atoms with Crippen molar-refractivity contribution in [1.29, 1.82) is 0 Å². The normalized spacial score (nSPS) is 15.8. The van der Waals surface area contributed by atoms with Crippen LogP contribution in [0.5, 0.6) is 0 Å². The van der Waals surface area contributed by atoms with Gasteiger partial charge >= 0.3 is 0 Å². The van der Waals surface area contributed by atoms with Crippen molar-refractivity contribution in [2.75, 3.05) is 13.3 Å². The molecule has 1 aliphatic carbocycles. The lowest BCUT2D eigenvalue weighted by Gasteiger charge is -2.22. The molecule has 0 N–H and O–H groups in total. The molecule has 36 heavy (non-hydrogen) atoms. The first-order valence-corrected chi connectivity index (χ1v) is 15.1. The van der Waals surface area contributed by atoms with Crippen LogP contribution in [0.2, 0.25) is 0 Å². The van der Waals surface area contributed by atoms with Crippen LogP contribution in [0, 0.1) is 0 Å². The first-order valence-electron chi connectivity index (χ1n) is 12.5. The van der Waals surface area contributed by atoms with E-state index in [2.05, 4.69) is 109 Å². The van der Waals surface area contributed by atoms with Gasteiger partial charge in [-0.15, -0.1) is 0 Å². The Morgan fingerprint density at radius 1 is 0.667 bits per heavy atom. The molecule has 0 radical (unpaired) electrons. The van der Waals surface area contributed by atoms with Crippen molar-refractivity contribution in [3.63, 3.8) is 0 Å². The molecule has 0 saturated heterocycles. The second-order valence-electron chi connectivity index (χ2n) is 10.0. The zero-order valence-electron chi connectivity index (χ0n) is 20.7. The fraction of sp³-hybridized carbons (Fsp3) is 0.118. The summed E-state index contributed by atoms with van der Waals surface area (Å²) in [4.78, 5) is 0. The molecular formula is C34H29OP. The predicted molar refractivity (Wildman–Crippen MR) is 157 cm³/mol. The zero-order chi connectivity index (χ0) is 24.7. The highest BCUT2D eigenvalue weighted by molar-refractivity contribution is 7.70. The van der Waals surface area contributed by atoms with Gasteiger partial charge in [-0.05, 0) is 75.2 Å². The van der Waals surface area contributed by atoms with Crippen LogP contribution in [-0.2, 0) is 4.57 Å². The number of benzene rings is 5. The monoisotopic (exact) mass is 484 g/mol. The number of rotatable bonds is 4. The highest BCUT2D eigenvalue weighted by Gasteiger charge is 2.20. The lowest BCUT2D eigenvalue weighted by Crippen LogP contribution is -2.07. The van der Waals surface area contributed by atoms with Crippen LogP contribution >= 0.6 is 7.14 Å². The van der Waals surface area contributed by atoms with E-state index in [-0.39, 0.29) is 0 Å². The summed E-state index contributed by atoms with van der Waals surface area (Å²) in [7, 11) is -2.28. The van der Waals surface area contributed by atoms with Crippen molar-refractivity contribution >= 4 is 39.6 Å². The van der Waals surface area contributed by atoms with E-state index in [1.54, 1.807) is 0 Å². The summed E-state index contributed by atoms with van der Waals surface area (Å²) in [5, 5.41) is 6.08. The molecule has 2 heteroatoms. The maximum atomic E-state index is 12.6. The van der Waals surface area contributed by atoms with E-state index in [9.17, 15) is 4.57 Å². The maximum Gasteiger partial charge on any atom is 0.109 e. The molecule has 0 spiro atoms. The molecule has 6 rings (SSSR count). The highest BCUT2D eigenvalue weighted by Crippen LogP contribution is 2.43. The smallest absolute Gasteiger partial charge is 0.109 e. The topological polar surface area (TPSA) is 17.1 Å². The predicted octanol–water partition coefficient (Wildman–Crippen LogP) is 9.04. The Bertz CT molecular complexity index is 1650. The highest BCUT2D eigenvalue weighted by atomic mass is 31.2. The molecule has 1 nitrogen and oxygen atoms in total. The number of fused-ring (bicyclic) bond motifs is 2. The quantitative estimate of drug-likeness (QED) is 0.184. The van der Waals surface area contributed by atoms with Gasteiger partial charge in [-0.2, -0.15) is 0 Å². The second-order valence-corrected chi connectivity index (χ2v) is 13.2. The average molecular weight is 485 g/mol. The lowest BCUT2D eigenvalue weighted by atomic mass is 9.82. The van der Waals surface area contributed by atoms with Gasteiger partial charge in [0.1, 0.15) is 7.14 Å². The summed E-state index contributed by atoms with van der Waals surface area (Å²) >= 11 is 0. The van der Waals surface area contributed by atoms with Gasteiger partial charge in [-0.3, -0.25) is 0 Å². The number of allylic oxidation sites excluding steroid dienone is 4. The second kappa shape index (κ2) is 9.08. The Hall–Kier alpha value is -3.67. The van der Waals surface area contributed by atoms with E-state index in [0.717, 1.165) is 11.7 Å². The van der Waals surface area contributed by atoms with E-state index in [4.69, 9.17) is 0 Å². The molecule has 0 amide bonds. The van der Waals surface area contributed by atoms with E-state index in [1.807, 2.05) is 25.5 Å². The van der Waals surface area contributed by atoms with Crippen molar-refractivity contribution in [2.45, 2.75) is 12.3 Å². The summed E-state index contributed by atoms with van der Waals surface area (Å²) < 4.78 is 12.6. The van der Waals surface area contributed by atoms with Crippen molar-refractivity contribution in [3.05, 3.63) is 132 Å². The van der Waals surface area contributed by atoms with Crippen molar-refractivity contribution in [3.8, 4) is 11.1 Å². The largest absolute Gasteiger partial charge is 0.319 e. The molecule has 1 unspecified atom stereocenters. The van der Waals surface area contributed by atoms with Crippen LogP contribution in [0.25, 0.3) is 38.2 Å². The van der Waals surface area contributed by atoms with Crippen LogP contribution in [0.3, 0.4) is 0 Å². The number of hydrogen-bond acceptors (Lipinski definition) is 1. The molecule has 5 aromatic rings. The van der Waals surface area contributed by atoms with Crippen molar-refractivity contribution in [2.24, 2.45) is 0 Å².